The molecular formula is C26H25BrFN3O2. The van der Waals surface area contributed by atoms with Crippen LogP contribution in [0, 0.1) is 5.82 Å². The monoisotopic (exact) mass is 509 g/mol. The first kappa shape index (κ1) is 23.0. The average molecular weight is 510 g/mol. The molecule has 33 heavy (non-hydrogen) atoms. The quantitative estimate of drug-likeness (QED) is 0.496. The van der Waals surface area contributed by atoms with Gasteiger partial charge in [0.25, 0.3) is 0 Å². The van der Waals surface area contributed by atoms with Gasteiger partial charge in [0.2, 0.25) is 11.8 Å². The first-order chi connectivity index (χ1) is 16.0. The van der Waals surface area contributed by atoms with Gasteiger partial charge < -0.3 is 15.5 Å². The number of hydrogen-bond acceptors (Lipinski definition) is 3. The minimum Gasteiger partial charge on any atom is -0.369 e. The molecule has 1 aliphatic heterocycles. The van der Waals surface area contributed by atoms with Crippen LogP contribution < -0.4 is 15.5 Å². The lowest BCUT2D eigenvalue weighted by Gasteiger charge is -2.22. The fourth-order valence-corrected chi connectivity index (χ4v) is 4.26. The highest BCUT2D eigenvalue weighted by Gasteiger charge is 2.29. The number of carbonyl (C=O) groups excluding carboxylic acids is 2. The predicted molar refractivity (Wildman–Crippen MR) is 130 cm³/mol. The third-order valence-corrected chi connectivity index (χ3v) is 6.23. The molecule has 1 heterocycles. The Hall–Kier alpha value is -3.19. The molecule has 0 spiro atoms. The molecular weight excluding hydrogens is 485 g/mol. The zero-order valence-electron chi connectivity index (χ0n) is 18.0. The summed E-state index contributed by atoms with van der Waals surface area (Å²) in [4.78, 5) is 28.1. The first-order valence-electron chi connectivity index (χ1n) is 10.9. The van der Waals surface area contributed by atoms with E-state index in [4.69, 9.17) is 0 Å². The topological polar surface area (TPSA) is 61.4 Å². The molecule has 0 aliphatic carbocycles. The van der Waals surface area contributed by atoms with Crippen molar-refractivity contribution in [2.45, 2.75) is 24.9 Å². The van der Waals surface area contributed by atoms with Crippen LogP contribution in [0.2, 0.25) is 0 Å². The van der Waals surface area contributed by atoms with E-state index in [2.05, 4.69) is 31.5 Å². The van der Waals surface area contributed by atoms with E-state index < -0.39 is 6.04 Å². The molecule has 1 aliphatic rings. The van der Waals surface area contributed by atoms with Crippen molar-refractivity contribution in [3.63, 3.8) is 0 Å². The van der Waals surface area contributed by atoms with Crippen LogP contribution in [0.5, 0.6) is 0 Å². The molecule has 0 radical (unpaired) electrons. The third kappa shape index (κ3) is 6.20. The van der Waals surface area contributed by atoms with Crippen molar-refractivity contribution in [1.82, 2.24) is 10.6 Å². The summed E-state index contributed by atoms with van der Waals surface area (Å²) in [7, 11) is 0. The van der Waals surface area contributed by atoms with Crippen molar-refractivity contribution in [3.05, 3.63) is 100 Å². The van der Waals surface area contributed by atoms with E-state index in [0.717, 1.165) is 34.3 Å². The molecule has 7 heteroatoms. The van der Waals surface area contributed by atoms with Crippen LogP contribution in [0.3, 0.4) is 0 Å². The molecule has 2 unspecified atom stereocenters. The lowest BCUT2D eigenvalue weighted by Crippen LogP contribution is -2.45. The Morgan fingerprint density at radius 3 is 2.39 bits per heavy atom. The van der Waals surface area contributed by atoms with Gasteiger partial charge in [-0.2, -0.15) is 0 Å². The maximum atomic E-state index is 13.2. The smallest absolute Gasteiger partial charge is 0.247 e. The molecule has 3 aromatic rings. The highest BCUT2D eigenvalue weighted by Crippen LogP contribution is 2.22. The number of anilines is 1. The summed E-state index contributed by atoms with van der Waals surface area (Å²) < 4.78 is 14.2. The summed E-state index contributed by atoms with van der Waals surface area (Å²) in [5, 5.41) is 5.99. The van der Waals surface area contributed by atoms with Crippen LogP contribution in [-0.2, 0) is 16.0 Å². The second-order valence-electron chi connectivity index (χ2n) is 8.13. The zero-order chi connectivity index (χ0) is 23.2. The van der Waals surface area contributed by atoms with Crippen LogP contribution in [0.4, 0.5) is 10.1 Å². The Labute approximate surface area is 201 Å². The van der Waals surface area contributed by atoms with Gasteiger partial charge in [0.05, 0.1) is 6.42 Å². The normalized spacial score (nSPS) is 16.3. The first-order valence-corrected chi connectivity index (χ1v) is 11.7. The molecule has 4 rings (SSSR count). The largest absolute Gasteiger partial charge is 0.369 e. The molecule has 170 valence electrons. The standard InChI is InChI=1S/C26H25BrFN3O2/c27-20-8-6-18(7-9-20)16-24(32)30-25(19-4-2-1-3-5-19)26(33)29-22-14-15-31(17-22)23-12-10-21(28)11-13-23/h1-13,22,25H,14-17H2,(H,29,33)(H,30,32). The molecule has 2 N–H and O–H groups in total. The van der Waals surface area contributed by atoms with Crippen LogP contribution in [0.25, 0.3) is 0 Å². The Bertz CT molecular complexity index is 1090. The minimum absolute atomic E-state index is 0.0582. The van der Waals surface area contributed by atoms with Gasteiger partial charge in [-0.05, 0) is 53.9 Å². The molecule has 2 amide bonds. The molecule has 0 bridgehead atoms. The number of halogens is 2. The van der Waals surface area contributed by atoms with Crippen molar-refractivity contribution in [2.75, 3.05) is 18.0 Å². The van der Waals surface area contributed by atoms with Crippen LogP contribution >= 0.6 is 15.9 Å². The summed E-state index contributed by atoms with van der Waals surface area (Å²) in [6.07, 6.45) is 0.961. The molecule has 5 nitrogen and oxygen atoms in total. The second kappa shape index (κ2) is 10.6. The van der Waals surface area contributed by atoms with Crippen LogP contribution in [-0.4, -0.2) is 30.9 Å². The SMILES string of the molecule is O=C(Cc1ccc(Br)cc1)NC(C(=O)NC1CCN(c2ccc(F)cc2)C1)c1ccccc1. The average Bonchev–Trinajstić information content (AvgIpc) is 3.28. The van der Waals surface area contributed by atoms with Crippen molar-refractivity contribution in [3.8, 4) is 0 Å². The summed E-state index contributed by atoms with van der Waals surface area (Å²) in [5.74, 6) is -0.732. The van der Waals surface area contributed by atoms with E-state index in [-0.39, 0.29) is 30.1 Å². The van der Waals surface area contributed by atoms with Gasteiger partial charge in [0.15, 0.2) is 0 Å². The van der Waals surface area contributed by atoms with Crippen LogP contribution in [0.1, 0.15) is 23.6 Å². The Kier molecular flexibility index (Phi) is 7.40. The van der Waals surface area contributed by atoms with E-state index >= 15 is 0 Å². The number of nitrogens with zero attached hydrogens (tertiary/aromatic N) is 1. The van der Waals surface area contributed by atoms with Gasteiger partial charge in [-0.15, -0.1) is 0 Å². The van der Waals surface area contributed by atoms with E-state index in [0.29, 0.717) is 6.54 Å². The zero-order valence-corrected chi connectivity index (χ0v) is 19.6. The van der Waals surface area contributed by atoms with Crippen molar-refractivity contribution < 1.29 is 14.0 Å². The summed E-state index contributed by atoms with van der Waals surface area (Å²) in [6, 6.07) is 22.3. The number of hydrogen-bond donors (Lipinski definition) is 2. The molecule has 2 atom stereocenters. The third-order valence-electron chi connectivity index (χ3n) is 5.70. The highest BCUT2D eigenvalue weighted by atomic mass is 79.9. The van der Waals surface area contributed by atoms with E-state index in [9.17, 15) is 14.0 Å². The second-order valence-corrected chi connectivity index (χ2v) is 9.05. The molecule has 1 fully saturated rings. The van der Waals surface area contributed by atoms with Gasteiger partial charge in [-0.25, -0.2) is 4.39 Å². The number of nitrogens with one attached hydrogen (secondary N) is 2. The van der Waals surface area contributed by atoms with E-state index in [1.165, 1.54) is 12.1 Å². The number of rotatable bonds is 7. The van der Waals surface area contributed by atoms with Crippen molar-refractivity contribution >= 4 is 33.4 Å². The highest BCUT2D eigenvalue weighted by molar-refractivity contribution is 9.10. The molecule has 0 aromatic heterocycles. The fourth-order valence-electron chi connectivity index (χ4n) is 3.99. The number of benzene rings is 3. The Morgan fingerprint density at radius 1 is 1.00 bits per heavy atom. The molecule has 3 aromatic carbocycles. The van der Waals surface area contributed by atoms with Crippen molar-refractivity contribution in [1.29, 1.82) is 0 Å². The number of carbonyl (C=O) groups is 2. The Balaban J connectivity index is 1.41. The van der Waals surface area contributed by atoms with E-state index in [1.54, 1.807) is 12.1 Å². The minimum atomic E-state index is -0.783. The van der Waals surface area contributed by atoms with Crippen molar-refractivity contribution in [2.24, 2.45) is 0 Å². The summed E-state index contributed by atoms with van der Waals surface area (Å²) in [5.41, 5.74) is 2.52. The summed E-state index contributed by atoms with van der Waals surface area (Å²) in [6.45, 7) is 1.40. The number of amides is 2. The fraction of sp³-hybridized carbons (Fsp3) is 0.231. The maximum absolute atomic E-state index is 13.2. The van der Waals surface area contributed by atoms with E-state index in [1.807, 2.05) is 54.6 Å². The lowest BCUT2D eigenvalue weighted by molar-refractivity contribution is -0.129. The van der Waals surface area contributed by atoms with Gasteiger partial charge in [0, 0.05) is 29.3 Å². The predicted octanol–water partition coefficient (Wildman–Crippen LogP) is 4.38. The van der Waals surface area contributed by atoms with Gasteiger partial charge in [-0.1, -0.05) is 58.4 Å². The van der Waals surface area contributed by atoms with Gasteiger partial charge in [0.1, 0.15) is 11.9 Å². The lowest BCUT2D eigenvalue weighted by atomic mass is 10.0. The molecule has 0 saturated carbocycles. The van der Waals surface area contributed by atoms with Gasteiger partial charge >= 0.3 is 0 Å². The molecule has 1 saturated heterocycles. The summed E-state index contributed by atoms with van der Waals surface area (Å²) >= 11 is 3.39. The Morgan fingerprint density at radius 2 is 1.70 bits per heavy atom. The maximum Gasteiger partial charge on any atom is 0.247 e. The van der Waals surface area contributed by atoms with Crippen LogP contribution in [0.15, 0.2) is 83.3 Å². The van der Waals surface area contributed by atoms with Gasteiger partial charge in [-0.3, -0.25) is 9.59 Å².